The predicted molar refractivity (Wildman–Crippen MR) is 89.8 cm³/mol. The Morgan fingerprint density at radius 3 is 2.57 bits per heavy atom. The number of aromatic nitrogens is 2. The standard InChI is InChI=1S/C18H15ClFN3/c1-18(2,3)23-10-14(11-4-7-15(19)16(20)8-11)13-6-5-12(9-21)22-17(13)23/h4-8,10H,1-3H3. The molecule has 0 radical (unpaired) electrons. The molecule has 1 aromatic carbocycles. The van der Waals surface area contributed by atoms with Gasteiger partial charge in [0.05, 0.1) is 5.02 Å². The van der Waals surface area contributed by atoms with Gasteiger partial charge in [-0.3, -0.25) is 0 Å². The number of halogens is 2. The van der Waals surface area contributed by atoms with E-state index in [4.69, 9.17) is 16.9 Å². The molecule has 0 N–H and O–H groups in total. The van der Waals surface area contributed by atoms with Crippen molar-refractivity contribution in [2.24, 2.45) is 0 Å². The first-order chi connectivity index (χ1) is 10.8. The molecule has 2 aromatic heterocycles. The van der Waals surface area contributed by atoms with Crippen LogP contribution in [-0.2, 0) is 5.54 Å². The summed E-state index contributed by atoms with van der Waals surface area (Å²) in [6.45, 7) is 6.16. The number of benzene rings is 1. The molecular weight excluding hydrogens is 313 g/mol. The number of rotatable bonds is 1. The zero-order valence-corrected chi connectivity index (χ0v) is 13.8. The molecule has 5 heteroatoms. The summed E-state index contributed by atoms with van der Waals surface area (Å²) in [5.74, 6) is -0.456. The minimum Gasteiger partial charge on any atom is -0.327 e. The van der Waals surface area contributed by atoms with E-state index in [2.05, 4.69) is 31.8 Å². The third-order valence-corrected chi connectivity index (χ3v) is 4.03. The molecule has 0 amide bonds. The highest BCUT2D eigenvalue weighted by atomic mass is 35.5. The summed E-state index contributed by atoms with van der Waals surface area (Å²) in [5, 5.41) is 10.1. The lowest BCUT2D eigenvalue weighted by Gasteiger charge is -2.21. The summed E-state index contributed by atoms with van der Waals surface area (Å²) < 4.78 is 15.8. The van der Waals surface area contributed by atoms with Crippen LogP contribution in [0.2, 0.25) is 5.02 Å². The topological polar surface area (TPSA) is 41.6 Å². The fourth-order valence-electron chi connectivity index (χ4n) is 2.57. The van der Waals surface area contributed by atoms with Crippen LogP contribution in [0, 0.1) is 17.1 Å². The van der Waals surface area contributed by atoms with Gasteiger partial charge in [0, 0.05) is 22.7 Å². The molecule has 0 bridgehead atoms. The summed E-state index contributed by atoms with van der Waals surface area (Å²) >= 11 is 5.78. The lowest BCUT2D eigenvalue weighted by molar-refractivity contribution is 0.409. The first kappa shape index (κ1) is 15.5. The maximum Gasteiger partial charge on any atom is 0.142 e. The quantitative estimate of drug-likeness (QED) is 0.622. The van der Waals surface area contributed by atoms with E-state index in [9.17, 15) is 4.39 Å². The normalized spacial score (nSPS) is 11.7. The highest BCUT2D eigenvalue weighted by Crippen LogP contribution is 2.34. The lowest BCUT2D eigenvalue weighted by atomic mass is 10.1. The van der Waals surface area contributed by atoms with Gasteiger partial charge < -0.3 is 4.57 Å². The van der Waals surface area contributed by atoms with Crippen LogP contribution < -0.4 is 0 Å². The molecular formula is C18H15ClFN3. The zero-order valence-electron chi connectivity index (χ0n) is 13.1. The fraction of sp³-hybridized carbons (Fsp3) is 0.222. The second kappa shape index (κ2) is 5.36. The summed E-state index contributed by atoms with van der Waals surface area (Å²) in [7, 11) is 0. The smallest absolute Gasteiger partial charge is 0.142 e. The molecule has 0 atom stereocenters. The van der Waals surface area contributed by atoms with Gasteiger partial charge in [-0.1, -0.05) is 17.7 Å². The average Bonchev–Trinajstić information content (AvgIpc) is 2.88. The molecule has 3 aromatic rings. The van der Waals surface area contributed by atoms with E-state index < -0.39 is 5.82 Å². The molecule has 0 saturated heterocycles. The Kier molecular flexibility index (Phi) is 3.62. The Hall–Kier alpha value is -2.38. The number of nitriles is 1. The van der Waals surface area contributed by atoms with Crippen molar-refractivity contribution >= 4 is 22.6 Å². The molecule has 2 heterocycles. The maximum atomic E-state index is 13.8. The van der Waals surface area contributed by atoms with E-state index in [0.29, 0.717) is 11.3 Å². The van der Waals surface area contributed by atoms with E-state index in [0.717, 1.165) is 16.5 Å². The van der Waals surface area contributed by atoms with Gasteiger partial charge in [0.1, 0.15) is 23.2 Å². The van der Waals surface area contributed by atoms with Crippen molar-refractivity contribution in [1.29, 1.82) is 5.26 Å². The highest BCUT2D eigenvalue weighted by molar-refractivity contribution is 6.30. The Balaban J connectivity index is 2.34. The van der Waals surface area contributed by atoms with Crippen LogP contribution in [-0.4, -0.2) is 9.55 Å². The van der Waals surface area contributed by atoms with Gasteiger partial charge in [0.2, 0.25) is 0 Å². The minimum atomic E-state index is -0.456. The van der Waals surface area contributed by atoms with E-state index in [1.54, 1.807) is 18.2 Å². The Morgan fingerprint density at radius 1 is 1.22 bits per heavy atom. The van der Waals surface area contributed by atoms with Crippen molar-refractivity contribution in [3.05, 3.63) is 53.1 Å². The van der Waals surface area contributed by atoms with Crippen molar-refractivity contribution in [1.82, 2.24) is 9.55 Å². The van der Waals surface area contributed by atoms with Crippen molar-refractivity contribution in [2.45, 2.75) is 26.3 Å². The number of hydrogen-bond acceptors (Lipinski definition) is 2. The van der Waals surface area contributed by atoms with Gasteiger partial charge in [-0.2, -0.15) is 5.26 Å². The van der Waals surface area contributed by atoms with Gasteiger partial charge in [0.25, 0.3) is 0 Å². The molecule has 23 heavy (non-hydrogen) atoms. The largest absolute Gasteiger partial charge is 0.327 e. The molecule has 0 fully saturated rings. The second-order valence-electron chi connectivity index (χ2n) is 6.39. The van der Waals surface area contributed by atoms with Crippen LogP contribution in [0.4, 0.5) is 4.39 Å². The van der Waals surface area contributed by atoms with Gasteiger partial charge in [-0.15, -0.1) is 0 Å². The third kappa shape index (κ3) is 2.69. The van der Waals surface area contributed by atoms with Crippen LogP contribution in [0.3, 0.4) is 0 Å². The predicted octanol–water partition coefficient (Wildman–Crippen LogP) is 5.12. The van der Waals surface area contributed by atoms with E-state index in [1.807, 2.05) is 16.8 Å². The van der Waals surface area contributed by atoms with Crippen molar-refractivity contribution in [3.8, 4) is 17.2 Å². The van der Waals surface area contributed by atoms with Crippen LogP contribution >= 0.6 is 11.6 Å². The Bertz CT molecular complexity index is 945. The molecule has 0 unspecified atom stereocenters. The maximum absolute atomic E-state index is 13.8. The van der Waals surface area contributed by atoms with E-state index >= 15 is 0 Å². The average molecular weight is 328 g/mol. The van der Waals surface area contributed by atoms with Crippen LogP contribution in [0.5, 0.6) is 0 Å². The number of nitrogens with zero attached hydrogens (tertiary/aromatic N) is 3. The Morgan fingerprint density at radius 2 is 1.96 bits per heavy atom. The van der Waals surface area contributed by atoms with Crippen molar-refractivity contribution in [3.63, 3.8) is 0 Å². The number of pyridine rings is 1. The first-order valence-electron chi connectivity index (χ1n) is 7.19. The summed E-state index contributed by atoms with van der Waals surface area (Å²) in [4.78, 5) is 4.43. The van der Waals surface area contributed by atoms with Gasteiger partial charge >= 0.3 is 0 Å². The summed E-state index contributed by atoms with van der Waals surface area (Å²) in [5.41, 5.74) is 2.44. The van der Waals surface area contributed by atoms with Crippen LogP contribution in [0.15, 0.2) is 36.5 Å². The Labute approximate surface area is 138 Å². The molecule has 3 rings (SSSR count). The van der Waals surface area contributed by atoms with Gasteiger partial charge in [0.15, 0.2) is 0 Å². The molecule has 0 aliphatic carbocycles. The zero-order chi connectivity index (χ0) is 16.8. The monoisotopic (exact) mass is 327 g/mol. The third-order valence-electron chi connectivity index (χ3n) is 3.72. The van der Waals surface area contributed by atoms with Gasteiger partial charge in [-0.05, 0) is 50.6 Å². The molecule has 0 saturated carbocycles. The number of fused-ring (bicyclic) bond motifs is 1. The molecule has 0 aliphatic heterocycles. The highest BCUT2D eigenvalue weighted by Gasteiger charge is 2.20. The summed E-state index contributed by atoms with van der Waals surface area (Å²) in [6, 6.07) is 10.3. The molecule has 116 valence electrons. The molecule has 0 aliphatic rings. The van der Waals surface area contributed by atoms with E-state index in [-0.39, 0.29) is 10.6 Å². The van der Waals surface area contributed by atoms with Crippen LogP contribution in [0.25, 0.3) is 22.2 Å². The summed E-state index contributed by atoms with van der Waals surface area (Å²) in [6.07, 6.45) is 1.95. The fourth-order valence-corrected chi connectivity index (χ4v) is 2.69. The van der Waals surface area contributed by atoms with Crippen molar-refractivity contribution < 1.29 is 4.39 Å². The van der Waals surface area contributed by atoms with Crippen molar-refractivity contribution in [2.75, 3.05) is 0 Å². The van der Waals surface area contributed by atoms with E-state index in [1.165, 1.54) is 6.07 Å². The SMILES string of the molecule is CC(C)(C)n1cc(-c2ccc(Cl)c(F)c2)c2ccc(C#N)nc21. The first-order valence-corrected chi connectivity index (χ1v) is 7.57. The minimum absolute atomic E-state index is 0.0956. The van der Waals surface area contributed by atoms with Gasteiger partial charge in [-0.25, -0.2) is 9.37 Å². The number of hydrogen-bond donors (Lipinski definition) is 0. The second-order valence-corrected chi connectivity index (χ2v) is 6.80. The lowest BCUT2D eigenvalue weighted by Crippen LogP contribution is -2.21. The van der Waals surface area contributed by atoms with Crippen LogP contribution in [0.1, 0.15) is 26.5 Å². The molecule has 3 nitrogen and oxygen atoms in total. The molecule has 0 spiro atoms.